The van der Waals surface area contributed by atoms with E-state index in [9.17, 15) is 20.0 Å². The second kappa shape index (κ2) is 13.5. The Kier molecular flexibility index (Phi) is 8.75. The van der Waals surface area contributed by atoms with Gasteiger partial charge in [0.1, 0.15) is 42.5 Å². The second-order valence-corrected chi connectivity index (χ2v) is 12.7. The van der Waals surface area contributed by atoms with E-state index in [4.69, 9.17) is 13.9 Å². The summed E-state index contributed by atoms with van der Waals surface area (Å²) >= 11 is 0.863. The molecule has 52 heavy (non-hydrogen) atoms. The van der Waals surface area contributed by atoms with E-state index in [0.717, 1.165) is 33.7 Å². The zero-order valence-corrected chi connectivity index (χ0v) is 29.4. The Morgan fingerprint density at radius 3 is 2.31 bits per heavy atom. The van der Waals surface area contributed by atoms with Gasteiger partial charge in [-0.3, -0.25) is 10.1 Å². The number of methoxy groups -OCH3 is 1. The summed E-state index contributed by atoms with van der Waals surface area (Å²) in [6.45, 7) is 0. The van der Waals surface area contributed by atoms with Crippen LogP contribution < -0.4 is 29.4 Å². The first-order chi connectivity index (χ1) is 25.0. The SMILES string of the molecule is COc1ccc(Oc2c([N+](=O)[O-])cc(C#Cc3ccc(-c4c5ccc(=[N+](C)C)cc-5oc5cc(N(C)C)ccc45)c(C(=O)[O-])c3)c3nsnc23)cc1. The van der Waals surface area contributed by atoms with E-state index < -0.39 is 10.9 Å². The average Bonchev–Trinajstić information content (AvgIpc) is 3.64. The number of ether oxygens (including phenoxy) is 2. The van der Waals surface area contributed by atoms with Crippen molar-refractivity contribution in [2.24, 2.45) is 0 Å². The van der Waals surface area contributed by atoms with Crippen LogP contribution in [0.5, 0.6) is 17.2 Å². The molecule has 258 valence electrons. The highest BCUT2D eigenvalue weighted by Crippen LogP contribution is 2.43. The number of carboxylic acids is 1. The van der Waals surface area contributed by atoms with Gasteiger partial charge in [-0.1, -0.05) is 17.9 Å². The maximum absolute atomic E-state index is 12.8. The Hall–Kier alpha value is -6.78. The quantitative estimate of drug-likeness (QED) is 0.0656. The summed E-state index contributed by atoms with van der Waals surface area (Å²) in [6, 6.07) is 24.2. The lowest BCUT2D eigenvalue weighted by molar-refractivity contribution is -0.385. The molecule has 12 nitrogen and oxygen atoms in total. The standard InChI is InChI=1S/C39H29N5O7S/c1-42(2)24-9-16-29-33(20-24)51-34-21-25(43(3)4)10-17-30(34)35(29)28-15-7-22(18-31(28)39(45)46)6-8-23-19-32(44(47)48)38(37-36(23)40-52-41-37)50-27-13-11-26(49-5)12-14-27/h7,9-21H,1-5H3. The Bertz CT molecular complexity index is 2670. The topological polar surface area (TPSA) is 147 Å². The number of carboxylic acid groups (broad SMARTS) is 1. The van der Waals surface area contributed by atoms with Crippen LogP contribution in [0, 0.1) is 22.0 Å². The van der Waals surface area contributed by atoms with Gasteiger partial charge in [-0.05, 0) is 60.2 Å². The summed E-state index contributed by atoms with van der Waals surface area (Å²) in [7, 11) is 9.25. The highest BCUT2D eigenvalue weighted by atomic mass is 32.1. The maximum atomic E-state index is 12.8. The van der Waals surface area contributed by atoms with Crippen molar-refractivity contribution in [3.8, 4) is 51.5 Å². The van der Waals surface area contributed by atoms with Gasteiger partial charge in [0, 0.05) is 65.6 Å². The minimum absolute atomic E-state index is 0.0717. The van der Waals surface area contributed by atoms with Crippen molar-refractivity contribution in [3.63, 3.8) is 0 Å². The molecule has 0 fully saturated rings. The molecule has 0 spiro atoms. The minimum Gasteiger partial charge on any atom is -0.545 e. The zero-order valence-electron chi connectivity index (χ0n) is 28.6. The maximum Gasteiger partial charge on any atom is 0.315 e. The summed E-state index contributed by atoms with van der Waals surface area (Å²) in [4.78, 5) is 26.4. The summed E-state index contributed by atoms with van der Waals surface area (Å²) in [5.74, 6) is 5.98. The van der Waals surface area contributed by atoms with Gasteiger partial charge in [0.2, 0.25) is 11.1 Å². The van der Waals surface area contributed by atoms with Crippen molar-refractivity contribution in [2.45, 2.75) is 0 Å². The van der Waals surface area contributed by atoms with Crippen molar-refractivity contribution < 1.29 is 28.7 Å². The van der Waals surface area contributed by atoms with Crippen LogP contribution in [0.25, 0.3) is 44.5 Å². The van der Waals surface area contributed by atoms with Gasteiger partial charge >= 0.3 is 5.69 Å². The van der Waals surface area contributed by atoms with Crippen molar-refractivity contribution in [1.29, 1.82) is 0 Å². The van der Waals surface area contributed by atoms with Gasteiger partial charge < -0.3 is 28.7 Å². The number of nitro groups is 1. The summed E-state index contributed by atoms with van der Waals surface area (Å²) in [5.41, 5.74) is 3.94. The number of aromatic carboxylic acids is 1. The molecule has 1 aliphatic carbocycles. The number of benzene rings is 5. The molecular formula is C39H29N5O7S. The molecule has 1 aliphatic heterocycles. The largest absolute Gasteiger partial charge is 0.545 e. The second-order valence-electron chi connectivity index (χ2n) is 12.2. The summed E-state index contributed by atoms with van der Waals surface area (Å²) < 4.78 is 28.1. The Morgan fingerprint density at radius 2 is 1.62 bits per heavy atom. The van der Waals surface area contributed by atoms with E-state index >= 15 is 0 Å². The van der Waals surface area contributed by atoms with Crippen LogP contribution in [0.1, 0.15) is 21.5 Å². The van der Waals surface area contributed by atoms with Crippen LogP contribution in [0.2, 0.25) is 0 Å². The predicted octanol–water partition coefficient (Wildman–Crippen LogP) is 5.78. The Morgan fingerprint density at radius 1 is 0.885 bits per heavy atom. The number of hydrogen-bond donors (Lipinski definition) is 0. The number of rotatable bonds is 7. The molecule has 2 aliphatic rings. The number of carbonyl (C=O) groups is 1. The molecule has 4 aromatic carbocycles. The lowest BCUT2D eigenvalue weighted by Crippen LogP contribution is -2.23. The molecule has 0 unspecified atom stereocenters. The first-order valence-corrected chi connectivity index (χ1v) is 16.6. The molecule has 7 rings (SSSR count). The van der Waals surface area contributed by atoms with Gasteiger partial charge in [-0.15, -0.1) is 0 Å². The molecule has 2 heterocycles. The number of anilines is 1. The molecule has 0 saturated carbocycles. The van der Waals surface area contributed by atoms with Gasteiger partial charge in [0.25, 0.3) is 0 Å². The molecule has 0 saturated heterocycles. The average molecular weight is 712 g/mol. The first kappa shape index (κ1) is 33.7. The van der Waals surface area contributed by atoms with Crippen LogP contribution in [0.3, 0.4) is 0 Å². The number of nitrogens with zero attached hydrogens (tertiary/aromatic N) is 5. The third kappa shape index (κ3) is 6.23. The van der Waals surface area contributed by atoms with Crippen molar-refractivity contribution >= 4 is 51.1 Å². The van der Waals surface area contributed by atoms with E-state index in [1.54, 1.807) is 36.4 Å². The van der Waals surface area contributed by atoms with Crippen LogP contribution in [0.4, 0.5) is 11.4 Å². The van der Waals surface area contributed by atoms with Crippen LogP contribution in [-0.4, -0.2) is 54.9 Å². The molecular weight excluding hydrogens is 683 g/mol. The van der Waals surface area contributed by atoms with Crippen molar-refractivity contribution in [2.75, 3.05) is 40.2 Å². The highest BCUT2D eigenvalue weighted by Gasteiger charge is 2.25. The molecule has 0 bridgehead atoms. The molecule has 13 heteroatoms. The van der Waals surface area contributed by atoms with Gasteiger partial charge in [0.05, 0.1) is 41.4 Å². The fourth-order valence-corrected chi connectivity index (χ4v) is 6.42. The van der Waals surface area contributed by atoms with Crippen LogP contribution in [-0.2, 0) is 0 Å². The number of aromatic nitrogens is 2. The minimum atomic E-state index is -1.39. The monoisotopic (exact) mass is 711 g/mol. The third-order valence-electron chi connectivity index (χ3n) is 8.52. The number of carbonyl (C=O) groups excluding carboxylic acids is 1. The fraction of sp³-hybridized carbons (Fsp3) is 0.128. The smallest absolute Gasteiger partial charge is 0.315 e. The van der Waals surface area contributed by atoms with E-state index in [1.165, 1.54) is 19.2 Å². The van der Waals surface area contributed by atoms with E-state index in [-0.39, 0.29) is 28.1 Å². The molecule has 0 atom stereocenters. The first-order valence-electron chi connectivity index (χ1n) is 15.8. The van der Waals surface area contributed by atoms with Gasteiger partial charge in [0.15, 0.2) is 5.52 Å². The molecule has 0 amide bonds. The summed E-state index contributed by atoms with van der Waals surface area (Å²) in [5, 5.41) is 26.6. The van der Waals surface area contributed by atoms with Gasteiger partial charge in [-0.25, -0.2) is 4.58 Å². The number of hydrogen-bond acceptors (Lipinski definition) is 11. The zero-order chi connectivity index (χ0) is 36.7. The van der Waals surface area contributed by atoms with E-state index in [0.29, 0.717) is 45.0 Å². The molecule has 0 N–H and O–H groups in total. The van der Waals surface area contributed by atoms with E-state index in [1.807, 2.05) is 74.1 Å². The Balaban J connectivity index is 1.35. The van der Waals surface area contributed by atoms with Crippen molar-refractivity contribution in [1.82, 2.24) is 13.3 Å². The van der Waals surface area contributed by atoms with Gasteiger partial charge in [-0.2, -0.15) is 8.75 Å². The van der Waals surface area contributed by atoms with Crippen LogP contribution >= 0.6 is 11.7 Å². The third-order valence-corrected chi connectivity index (χ3v) is 9.05. The summed E-state index contributed by atoms with van der Waals surface area (Å²) in [6.07, 6.45) is 0. The molecule has 1 aromatic heterocycles. The highest BCUT2D eigenvalue weighted by molar-refractivity contribution is 7.00. The Labute approximate surface area is 301 Å². The number of nitro benzene ring substituents is 1. The molecule has 5 aromatic rings. The van der Waals surface area contributed by atoms with E-state index in [2.05, 4.69) is 20.6 Å². The fourth-order valence-electron chi connectivity index (χ4n) is 5.86. The molecule has 0 radical (unpaired) electrons. The predicted molar refractivity (Wildman–Crippen MR) is 197 cm³/mol. The lowest BCUT2D eigenvalue weighted by atomic mass is 9.89. The lowest BCUT2D eigenvalue weighted by Gasteiger charge is -2.20. The van der Waals surface area contributed by atoms with Crippen molar-refractivity contribution in [3.05, 3.63) is 117 Å². The van der Waals surface area contributed by atoms with Crippen LogP contribution in [0.15, 0.2) is 89.3 Å². The normalized spacial score (nSPS) is 10.9. The number of fused-ring (bicyclic) bond motifs is 3.